The van der Waals surface area contributed by atoms with Crippen LogP contribution < -0.4 is 9.64 Å². The summed E-state index contributed by atoms with van der Waals surface area (Å²) in [4.78, 5) is 14.4. The number of thiocarbonyl (C=S) groups is 1. The van der Waals surface area contributed by atoms with Crippen molar-refractivity contribution in [3.8, 4) is 5.75 Å². The maximum Gasteiger partial charge on any atom is 0.416 e. The first-order chi connectivity index (χ1) is 16.1. The molecule has 34 heavy (non-hydrogen) atoms. The molecule has 174 valence electrons. The molecule has 0 N–H and O–H groups in total. The molecule has 1 aliphatic rings. The van der Waals surface area contributed by atoms with Gasteiger partial charge in [-0.1, -0.05) is 77.5 Å². The Balaban J connectivity index is 1.58. The van der Waals surface area contributed by atoms with Crippen LogP contribution in [0.4, 0.5) is 18.9 Å². The van der Waals surface area contributed by atoms with Crippen LogP contribution in [0.5, 0.6) is 5.75 Å². The number of amides is 1. The fourth-order valence-electron chi connectivity index (χ4n) is 3.18. The molecule has 10 heteroatoms. The monoisotopic (exact) mass is 539 g/mol. The van der Waals surface area contributed by atoms with Crippen molar-refractivity contribution in [2.75, 3.05) is 4.90 Å². The number of anilines is 1. The third-order valence-corrected chi connectivity index (χ3v) is 6.72. The number of para-hydroxylation sites is 1. The number of alkyl halides is 3. The van der Waals surface area contributed by atoms with E-state index in [0.717, 1.165) is 34.4 Å². The number of hydrogen-bond donors (Lipinski definition) is 0. The maximum atomic E-state index is 13.1. The number of thioether (sulfide) groups is 1. The summed E-state index contributed by atoms with van der Waals surface area (Å²) in [7, 11) is 0. The molecule has 0 spiro atoms. The first-order valence-corrected chi connectivity index (χ1v) is 11.7. The summed E-state index contributed by atoms with van der Waals surface area (Å²) in [5, 5.41) is 0.976. The first-order valence-electron chi connectivity index (χ1n) is 9.74. The SMILES string of the molecule is O=C1/C(=C/c2ccccc2OCc2ccc(Cl)cc2Cl)SC(=S)N1c1cccc(C(F)(F)F)c1. The average molecular weight is 540 g/mol. The van der Waals surface area contributed by atoms with Crippen molar-refractivity contribution in [2.45, 2.75) is 12.8 Å². The minimum Gasteiger partial charge on any atom is -0.488 e. The lowest BCUT2D eigenvalue weighted by Gasteiger charge is -2.16. The van der Waals surface area contributed by atoms with Gasteiger partial charge in [0.05, 0.1) is 16.2 Å². The van der Waals surface area contributed by atoms with Gasteiger partial charge in [0.15, 0.2) is 4.32 Å². The Morgan fingerprint density at radius 3 is 2.53 bits per heavy atom. The molecular formula is C24H14Cl2F3NO2S2. The van der Waals surface area contributed by atoms with Crippen LogP contribution in [0.3, 0.4) is 0 Å². The molecule has 0 bridgehead atoms. The van der Waals surface area contributed by atoms with Gasteiger partial charge in [-0.05, 0) is 42.5 Å². The summed E-state index contributed by atoms with van der Waals surface area (Å²) in [6, 6.07) is 16.6. The van der Waals surface area contributed by atoms with Gasteiger partial charge in [-0.15, -0.1) is 0 Å². The number of halogens is 5. The van der Waals surface area contributed by atoms with Crippen LogP contribution in [-0.2, 0) is 17.6 Å². The van der Waals surface area contributed by atoms with Crippen LogP contribution in [0.1, 0.15) is 16.7 Å². The molecule has 0 radical (unpaired) electrons. The Hall–Kier alpha value is -2.52. The Labute approximate surface area is 213 Å². The number of ether oxygens (including phenoxy) is 1. The topological polar surface area (TPSA) is 29.5 Å². The second kappa shape index (κ2) is 10.00. The normalized spacial score (nSPS) is 15.3. The predicted octanol–water partition coefficient (Wildman–Crippen LogP) is 8.00. The standard InChI is InChI=1S/C24H14Cl2F3NO2S2/c25-17-9-8-15(19(26)12-17)13-32-20-7-2-1-4-14(20)10-21-22(31)30(23(33)34-21)18-6-3-5-16(11-18)24(27,28)29/h1-12H,13H2/b21-10-. The molecular weight excluding hydrogens is 526 g/mol. The van der Waals surface area contributed by atoms with Crippen LogP contribution in [0, 0.1) is 0 Å². The van der Waals surface area contributed by atoms with E-state index in [2.05, 4.69) is 0 Å². The Morgan fingerprint density at radius 1 is 1.03 bits per heavy atom. The van der Waals surface area contributed by atoms with Crippen LogP contribution in [-0.4, -0.2) is 10.2 Å². The van der Waals surface area contributed by atoms with Gasteiger partial charge in [0.25, 0.3) is 5.91 Å². The highest BCUT2D eigenvalue weighted by Gasteiger charge is 2.36. The van der Waals surface area contributed by atoms with E-state index in [4.69, 9.17) is 40.2 Å². The molecule has 1 aliphatic heterocycles. The number of hydrogen-bond acceptors (Lipinski definition) is 4. The fourth-order valence-corrected chi connectivity index (χ4v) is 4.93. The highest BCUT2D eigenvalue weighted by atomic mass is 35.5. The number of benzene rings is 3. The molecule has 0 saturated carbocycles. The predicted molar refractivity (Wildman–Crippen MR) is 134 cm³/mol. The largest absolute Gasteiger partial charge is 0.488 e. The van der Waals surface area contributed by atoms with Gasteiger partial charge in [-0.2, -0.15) is 13.2 Å². The summed E-state index contributed by atoms with van der Waals surface area (Å²) in [5.41, 5.74) is 0.541. The second-order valence-corrected chi connectivity index (χ2v) is 9.65. The molecule has 4 rings (SSSR count). The van der Waals surface area contributed by atoms with Crippen molar-refractivity contribution >= 4 is 69.2 Å². The Kier molecular flexibility index (Phi) is 7.23. The third-order valence-electron chi connectivity index (χ3n) is 4.83. The molecule has 0 unspecified atom stereocenters. The number of rotatable bonds is 5. The minimum atomic E-state index is -4.53. The van der Waals surface area contributed by atoms with Crippen molar-refractivity contribution in [3.63, 3.8) is 0 Å². The highest BCUT2D eigenvalue weighted by molar-refractivity contribution is 8.27. The van der Waals surface area contributed by atoms with Crippen LogP contribution in [0.15, 0.2) is 71.6 Å². The summed E-state index contributed by atoms with van der Waals surface area (Å²) in [6.07, 6.45) is -2.93. The van der Waals surface area contributed by atoms with Gasteiger partial charge in [-0.25, -0.2) is 0 Å². The first kappa shape index (κ1) is 24.6. The lowest BCUT2D eigenvalue weighted by molar-refractivity contribution is -0.137. The van der Waals surface area contributed by atoms with Gasteiger partial charge >= 0.3 is 6.18 Å². The Bertz CT molecular complexity index is 1310. The summed E-state index contributed by atoms with van der Waals surface area (Å²) >= 11 is 18.4. The minimum absolute atomic E-state index is 0.0580. The van der Waals surface area contributed by atoms with Crippen molar-refractivity contribution in [1.82, 2.24) is 0 Å². The van der Waals surface area contributed by atoms with E-state index < -0.39 is 17.6 Å². The van der Waals surface area contributed by atoms with E-state index in [-0.39, 0.29) is 21.5 Å². The van der Waals surface area contributed by atoms with Gasteiger partial charge < -0.3 is 4.74 Å². The molecule has 1 heterocycles. The van der Waals surface area contributed by atoms with Gasteiger partial charge in [0, 0.05) is 21.2 Å². The zero-order chi connectivity index (χ0) is 24.5. The highest BCUT2D eigenvalue weighted by Crippen LogP contribution is 2.39. The molecule has 3 aromatic carbocycles. The molecule has 1 saturated heterocycles. The van der Waals surface area contributed by atoms with Gasteiger partial charge in [-0.3, -0.25) is 9.69 Å². The Morgan fingerprint density at radius 2 is 1.79 bits per heavy atom. The number of carbonyl (C=O) groups is 1. The number of nitrogens with zero attached hydrogens (tertiary/aromatic N) is 1. The second-order valence-electron chi connectivity index (χ2n) is 7.13. The van der Waals surface area contributed by atoms with Crippen molar-refractivity contribution in [3.05, 3.63) is 98.4 Å². The molecule has 0 aromatic heterocycles. The smallest absolute Gasteiger partial charge is 0.416 e. The zero-order valence-corrected chi connectivity index (χ0v) is 20.3. The van der Waals surface area contributed by atoms with E-state index in [0.29, 0.717) is 21.4 Å². The van der Waals surface area contributed by atoms with E-state index in [1.54, 1.807) is 48.5 Å². The number of carbonyl (C=O) groups excluding carboxylic acids is 1. The molecule has 0 atom stereocenters. The molecule has 3 nitrogen and oxygen atoms in total. The molecule has 1 fully saturated rings. The van der Waals surface area contributed by atoms with Crippen molar-refractivity contribution < 1.29 is 22.7 Å². The van der Waals surface area contributed by atoms with Crippen LogP contribution in [0.25, 0.3) is 6.08 Å². The lowest BCUT2D eigenvalue weighted by atomic mass is 10.1. The quantitative estimate of drug-likeness (QED) is 0.242. The fraction of sp³-hybridized carbons (Fsp3) is 0.0833. The van der Waals surface area contributed by atoms with Gasteiger partial charge in [0.2, 0.25) is 0 Å². The maximum absolute atomic E-state index is 13.1. The van der Waals surface area contributed by atoms with Crippen LogP contribution in [0.2, 0.25) is 10.0 Å². The van der Waals surface area contributed by atoms with E-state index in [1.165, 1.54) is 12.1 Å². The summed E-state index contributed by atoms with van der Waals surface area (Å²) < 4.78 is 45.4. The third kappa shape index (κ3) is 5.41. The van der Waals surface area contributed by atoms with Crippen molar-refractivity contribution in [2.24, 2.45) is 0 Å². The molecule has 1 amide bonds. The molecule has 3 aromatic rings. The van der Waals surface area contributed by atoms with E-state index in [1.807, 2.05) is 0 Å². The van der Waals surface area contributed by atoms with Crippen LogP contribution >= 0.6 is 47.2 Å². The van der Waals surface area contributed by atoms with E-state index >= 15 is 0 Å². The summed E-state index contributed by atoms with van der Waals surface area (Å²) in [5.74, 6) is -0.0114. The summed E-state index contributed by atoms with van der Waals surface area (Å²) in [6.45, 7) is 0.173. The molecule has 0 aliphatic carbocycles. The van der Waals surface area contributed by atoms with E-state index in [9.17, 15) is 18.0 Å². The average Bonchev–Trinajstić information content (AvgIpc) is 3.06. The lowest BCUT2D eigenvalue weighted by Crippen LogP contribution is -2.27. The zero-order valence-electron chi connectivity index (χ0n) is 17.1. The van der Waals surface area contributed by atoms with Crippen molar-refractivity contribution in [1.29, 1.82) is 0 Å². The van der Waals surface area contributed by atoms with Gasteiger partial charge in [0.1, 0.15) is 12.4 Å².